The van der Waals surface area contributed by atoms with Crippen LogP contribution < -0.4 is 5.32 Å². The molecule has 0 aromatic heterocycles. The summed E-state index contributed by atoms with van der Waals surface area (Å²) in [6, 6.07) is 7.71. The minimum atomic E-state index is 0.663. The van der Waals surface area contributed by atoms with Crippen LogP contribution in [-0.4, -0.2) is 19.8 Å². The smallest absolute Gasteiger partial charge is 0.0639 e. The molecule has 0 aliphatic rings. The van der Waals surface area contributed by atoms with Crippen molar-refractivity contribution >= 4 is 17.3 Å². The van der Waals surface area contributed by atoms with E-state index in [-0.39, 0.29) is 0 Å². The van der Waals surface area contributed by atoms with Gasteiger partial charge in [-0.25, -0.2) is 0 Å². The molecule has 0 aliphatic heterocycles. The number of benzene rings is 1. The molecular weight excluding hydrogens is 234 g/mol. The summed E-state index contributed by atoms with van der Waals surface area (Å²) in [5.74, 6) is 0.663. The summed E-state index contributed by atoms with van der Waals surface area (Å²) < 4.78 is 5.60. The van der Waals surface area contributed by atoms with Gasteiger partial charge in [0.2, 0.25) is 0 Å². The lowest BCUT2D eigenvalue weighted by atomic mass is 10.1. The van der Waals surface area contributed by atoms with Crippen LogP contribution in [0.4, 0.5) is 5.69 Å². The van der Waals surface area contributed by atoms with Gasteiger partial charge in [0.1, 0.15) is 0 Å². The van der Waals surface area contributed by atoms with E-state index in [1.807, 2.05) is 24.3 Å². The first-order chi connectivity index (χ1) is 8.22. The molecule has 0 radical (unpaired) electrons. The third kappa shape index (κ3) is 6.54. The molecule has 0 saturated carbocycles. The van der Waals surface area contributed by atoms with E-state index in [0.717, 1.165) is 30.5 Å². The average Bonchev–Trinajstić information content (AvgIpc) is 2.31. The third-order valence-corrected chi connectivity index (χ3v) is 2.86. The van der Waals surface area contributed by atoms with E-state index in [1.54, 1.807) is 0 Å². The molecule has 1 aromatic rings. The first kappa shape index (κ1) is 14.3. The van der Waals surface area contributed by atoms with Crippen LogP contribution in [-0.2, 0) is 4.74 Å². The Labute approximate surface area is 109 Å². The summed E-state index contributed by atoms with van der Waals surface area (Å²) in [6.45, 7) is 6.88. The predicted octanol–water partition coefficient (Wildman–Crippen LogP) is 4.20. The van der Waals surface area contributed by atoms with Crippen LogP contribution in [0.5, 0.6) is 0 Å². The Morgan fingerprint density at radius 3 is 2.65 bits per heavy atom. The summed E-state index contributed by atoms with van der Waals surface area (Å²) in [5.41, 5.74) is 1.08. The molecule has 96 valence electrons. The minimum Gasteiger partial charge on any atom is -0.383 e. The Kier molecular flexibility index (Phi) is 7.06. The van der Waals surface area contributed by atoms with Crippen molar-refractivity contribution in [3.05, 3.63) is 29.3 Å². The molecule has 1 atom stereocenters. The maximum Gasteiger partial charge on any atom is 0.0639 e. The summed E-state index contributed by atoms with van der Waals surface area (Å²) in [6.07, 6.45) is 2.47. The molecule has 1 aromatic carbocycles. The first-order valence-electron chi connectivity index (χ1n) is 6.29. The van der Waals surface area contributed by atoms with Crippen molar-refractivity contribution in [3.8, 4) is 0 Å². The van der Waals surface area contributed by atoms with Gasteiger partial charge in [0.15, 0.2) is 0 Å². The Hall–Kier alpha value is -0.730. The zero-order valence-electron chi connectivity index (χ0n) is 10.7. The second kappa shape index (κ2) is 8.37. The topological polar surface area (TPSA) is 21.3 Å². The number of hydrogen-bond donors (Lipinski definition) is 1. The lowest BCUT2D eigenvalue weighted by Crippen LogP contribution is -2.13. The number of nitrogens with one attached hydrogen (secondary N) is 1. The lowest BCUT2D eigenvalue weighted by molar-refractivity contribution is 0.110. The van der Waals surface area contributed by atoms with E-state index in [4.69, 9.17) is 16.3 Å². The quantitative estimate of drug-likeness (QED) is 0.703. The van der Waals surface area contributed by atoms with Crippen LogP contribution >= 0.6 is 11.6 Å². The predicted molar refractivity (Wildman–Crippen MR) is 74.8 cm³/mol. The fourth-order valence-corrected chi connectivity index (χ4v) is 1.82. The molecule has 1 rings (SSSR count). The molecule has 0 amide bonds. The van der Waals surface area contributed by atoms with E-state index in [1.165, 1.54) is 12.8 Å². The highest BCUT2D eigenvalue weighted by molar-refractivity contribution is 6.30. The highest BCUT2D eigenvalue weighted by Gasteiger charge is 1.99. The van der Waals surface area contributed by atoms with E-state index in [2.05, 4.69) is 19.2 Å². The number of hydrogen-bond acceptors (Lipinski definition) is 2. The van der Waals surface area contributed by atoms with Gasteiger partial charge in [0.25, 0.3) is 0 Å². The second-order valence-corrected chi connectivity index (χ2v) is 4.84. The highest BCUT2D eigenvalue weighted by atomic mass is 35.5. The van der Waals surface area contributed by atoms with E-state index < -0.39 is 0 Å². The van der Waals surface area contributed by atoms with Crippen molar-refractivity contribution in [2.45, 2.75) is 26.7 Å². The van der Waals surface area contributed by atoms with Crippen LogP contribution in [0.15, 0.2) is 24.3 Å². The van der Waals surface area contributed by atoms with Gasteiger partial charge in [-0.1, -0.05) is 31.9 Å². The maximum absolute atomic E-state index is 5.81. The van der Waals surface area contributed by atoms with Gasteiger partial charge in [-0.2, -0.15) is 0 Å². The average molecular weight is 256 g/mol. The molecule has 2 nitrogen and oxygen atoms in total. The van der Waals surface area contributed by atoms with E-state index in [0.29, 0.717) is 5.92 Å². The Morgan fingerprint density at radius 1 is 1.29 bits per heavy atom. The minimum absolute atomic E-state index is 0.663. The summed E-state index contributed by atoms with van der Waals surface area (Å²) in [4.78, 5) is 0. The van der Waals surface area contributed by atoms with Crippen LogP contribution in [0.2, 0.25) is 5.02 Å². The zero-order chi connectivity index (χ0) is 12.5. The van der Waals surface area contributed by atoms with Gasteiger partial charge in [-0.3, -0.25) is 0 Å². The van der Waals surface area contributed by atoms with Crippen LogP contribution in [0.1, 0.15) is 26.7 Å². The van der Waals surface area contributed by atoms with Gasteiger partial charge in [-0.05, 0) is 36.6 Å². The monoisotopic (exact) mass is 255 g/mol. The van der Waals surface area contributed by atoms with Crippen LogP contribution in [0.3, 0.4) is 0 Å². The summed E-state index contributed by atoms with van der Waals surface area (Å²) >= 11 is 5.81. The fourth-order valence-electron chi connectivity index (χ4n) is 1.70. The SMILES string of the molecule is CCCC(C)COCCNc1ccc(Cl)cc1. The first-order valence-corrected chi connectivity index (χ1v) is 6.67. The number of ether oxygens (including phenoxy) is 1. The Bertz CT molecular complexity index is 300. The Balaban J connectivity index is 2.06. The number of anilines is 1. The molecule has 0 spiro atoms. The summed E-state index contributed by atoms with van der Waals surface area (Å²) in [7, 11) is 0. The van der Waals surface area contributed by atoms with Crippen LogP contribution in [0.25, 0.3) is 0 Å². The standard InChI is InChI=1S/C14H22ClNO/c1-3-4-12(2)11-17-10-9-16-14-7-5-13(15)6-8-14/h5-8,12,16H,3-4,9-11H2,1-2H3. The normalized spacial score (nSPS) is 12.4. The van der Waals surface area contributed by atoms with E-state index >= 15 is 0 Å². The largest absolute Gasteiger partial charge is 0.383 e. The molecule has 3 heteroatoms. The van der Waals surface area contributed by atoms with Crippen molar-refractivity contribution in [3.63, 3.8) is 0 Å². The van der Waals surface area contributed by atoms with Crippen molar-refractivity contribution in [1.82, 2.24) is 0 Å². The molecule has 1 unspecified atom stereocenters. The fraction of sp³-hybridized carbons (Fsp3) is 0.571. The van der Waals surface area contributed by atoms with Gasteiger partial charge >= 0.3 is 0 Å². The lowest BCUT2D eigenvalue weighted by Gasteiger charge is -2.11. The van der Waals surface area contributed by atoms with E-state index in [9.17, 15) is 0 Å². The molecule has 0 fully saturated rings. The molecule has 0 saturated heterocycles. The highest BCUT2D eigenvalue weighted by Crippen LogP contribution is 2.12. The maximum atomic E-state index is 5.81. The molecule has 0 heterocycles. The molecular formula is C14H22ClNO. The third-order valence-electron chi connectivity index (χ3n) is 2.60. The van der Waals surface area contributed by atoms with Crippen molar-refractivity contribution in [2.75, 3.05) is 25.1 Å². The van der Waals surface area contributed by atoms with Crippen molar-refractivity contribution < 1.29 is 4.74 Å². The van der Waals surface area contributed by atoms with Crippen molar-refractivity contribution in [2.24, 2.45) is 5.92 Å². The zero-order valence-corrected chi connectivity index (χ0v) is 11.5. The van der Waals surface area contributed by atoms with Crippen molar-refractivity contribution in [1.29, 1.82) is 0 Å². The number of rotatable bonds is 8. The van der Waals surface area contributed by atoms with Gasteiger partial charge in [0.05, 0.1) is 6.61 Å². The van der Waals surface area contributed by atoms with Gasteiger partial charge in [-0.15, -0.1) is 0 Å². The molecule has 1 N–H and O–H groups in total. The van der Waals surface area contributed by atoms with Gasteiger partial charge < -0.3 is 10.1 Å². The van der Waals surface area contributed by atoms with Crippen LogP contribution in [0, 0.1) is 5.92 Å². The molecule has 0 aliphatic carbocycles. The molecule has 17 heavy (non-hydrogen) atoms. The second-order valence-electron chi connectivity index (χ2n) is 4.40. The summed E-state index contributed by atoms with van der Waals surface area (Å²) in [5, 5.41) is 4.06. The Morgan fingerprint density at radius 2 is 2.00 bits per heavy atom. The van der Waals surface area contributed by atoms with Gasteiger partial charge in [0, 0.05) is 23.9 Å². The number of halogens is 1. The molecule has 0 bridgehead atoms.